The molecule has 4 N–H and O–H groups in total. The molecular formula is C15H19F3N2O4. The van der Waals surface area contributed by atoms with Crippen LogP contribution in [0.4, 0.5) is 13.2 Å². The maximum atomic E-state index is 12.3. The highest BCUT2D eigenvalue weighted by Gasteiger charge is 2.46. The van der Waals surface area contributed by atoms with Crippen LogP contribution in [0.3, 0.4) is 0 Å². The van der Waals surface area contributed by atoms with Crippen molar-refractivity contribution in [3.05, 3.63) is 35.9 Å². The first-order valence-corrected chi connectivity index (χ1v) is 7.03. The van der Waals surface area contributed by atoms with Crippen LogP contribution >= 0.6 is 0 Å². The van der Waals surface area contributed by atoms with E-state index in [2.05, 4.69) is 4.74 Å². The van der Waals surface area contributed by atoms with E-state index in [1.165, 1.54) is 0 Å². The molecule has 0 aliphatic rings. The average Bonchev–Trinajstić information content (AvgIpc) is 2.49. The number of halogens is 3. The number of ether oxygens (including phenoxy) is 2. The Hall–Kier alpha value is -2.13. The minimum absolute atomic E-state index is 0.0786. The van der Waals surface area contributed by atoms with Gasteiger partial charge in [0.1, 0.15) is 11.6 Å². The molecular weight excluding hydrogens is 329 g/mol. The number of hydrogen-bond acceptors (Lipinski definition) is 5. The zero-order valence-electron chi connectivity index (χ0n) is 13.0. The molecule has 0 aliphatic carbocycles. The van der Waals surface area contributed by atoms with Gasteiger partial charge in [0, 0.05) is 6.42 Å². The summed E-state index contributed by atoms with van der Waals surface area (Å²) in [6, 6.07) is 9.03. The van der Waals surface area contributed by atoms with Crippen molar-refractivity contribution in [1.29, 1.82) is 0 Å². The molecule has 0 aromatic heterocycles. The van der Waals surface area contributed by atoms with Gasteiger partial charge in [-0.2, -0.15) is 13.2 Å². The number of amides is 1. The normalized spacial score (nSPS) is 15.4. The second-order valence-corrected chi connectivity index (χ2v) is 5.37. The van der Waals surface area contributed by atoms with Crippen molar-refractivity contribution < 1.29 is 32.2 Å². The summed E-state index contributed by atoms with van der Waals surface area (Å²) in [5, 5.41) is 0. The van der Waals surface area contributed by atoms with E-state index in [0.717, 1.165) is 12.5 Å². The Bertz CT molecular complexity index is 562. The average molecular weight is 348 g/mol. The monoisotopic (exact) mass is 348 g/mol. The predicted molar refractivity (Wildman–Crippen MR) is 78.4 cm³/mol. The Labute approximate surface area is 136 Å². The minimum Gasteiger partial charge on any atom is -0.453 e. The van der Waals surface area contributed by atoms with Gasteiger partial charge in [-0.3, -0.25) is 4.79 Å². The fraction of sp³-hybridized carbons (Fsp3) is 0.467. The van der Waals surface area contributed by atoms with Gasteiger partial charge in [-0.25, -0.2) is 4.79 Å². The van der Waals surface area contributed by atoms with Crippen LogP contribution in [0.1, 0.15) is 18.9 Å². The summed E-state index contributed by atoms with van der Waals surface area (Å²) >= 11 is 0. The molecule has 0 radical (unpaired) electrons. The van der Waals surface area contributed by atoms with Crippen molar-refractivity contribution in [2.24, 2.45) is 11.5 Å². The van der Waals surface area contributed by atoms with Crippen LogP contribution < -0.4 is 11.5 Å². The topological polar surface area (TPSA) is 105 Å². The second-order valence-electron chi connectivity index (χ2n) is 5.37. The van der Waals surface area contributed by atoms with Crippen LogP contribution in [0.25, 0.3) is 0 Å². The number of benzene rings is 1. The SMILES string of the molecule is CC(N)(C(N)=O)C(CCOCc1ccccc1)OC(=O)C(F)(F)F. The number of carbonyl (C=O) groups is 2. The smallest absolute Gasteiger partial charge is 0.453 e. The molecule has 2 atom stereocenters. The first-order valence-electron chi connectivity index (χ1n) is 7.03. The van der Waals surface area contributed by atoms with E-state index in [1.807, 2.05) is 6.07 Å². The molecule has 2 unspecified atom stereocenters. The maximum absolute atomic E-state index is 12.3. The van der Waals surface area contributed by atoms with Crippen LogP contribution in [0, 0.1) is 0 Å². The third kappa shape index (κ3) is 5.82. The van der Waals surface area contributed by atoms with Crippen molar-refractivity contribution in [1.82, 2.24) is 0 Å². The van der Waals surface area contributed by atoms with Gasteiger partial charge in [-0.1, -0.05) is 30.3 Å². The molecule has 0 spiro atoms. The zero-order valence-corrected chi connectivity index (χ0v) is 13.0. The first kappa shape index (κ1) is 19.9. The van der Waals surface area contributed by atoms with Crippen LogP contribution in [-0.4, -0.2) is 36.3 Å². The highest BCUT2D eigenvalue weighted by atomic mass is 19.4. The lowest BCUT2D eigenvalue weighted by molar-refractivity contribution is -0.208. The van der Waals surface area contributed by atoms with E-state index < -0.39 is 29.7 Å². The summed E-state index contributed by atoms with van der Waals surface area (Å²) in [7, 11) is 0. The lowest BCUT2D eigenvalue weighted by Crippen LogP contribution is -2.60. The van der Waals surface area contributed by atoms with E-state index >= 15 is 0 Å². The number of nitrogens with two attached hydrogens (primary N) is 2. The molecule has 1 amide bonds. The molecule has 0 heterocycles. The van der Waals surface area contributed by atoms with Gasteiger partial charge in [0.15, 0.2) is 0 Å². The fourth-order valence-corrected chi connectivity index (χ4v) is 1.79. The molecule has 0 saturated carbocycles. The number of carbonyl (C=O) groups excluding carboxylic acids is 2. The molecule has 0 fully saturated rings. The molecule has 0 saturated heterocycles. The molecule has 1 rings (SSSR count). The molecule has 6 nitrogen and oxygen atoms in total. The van der Waals surface area contributed by atoms with Gasteiger partial charge < -0.3 is 20.9 Å². The summed E-state index contributed by atoms with van der Waals surface area (Å²) in [5.41, 5.74) is 9.58. The lowest BCUT2D eigenvalue weighted by atomic mass is 9.93. The summed E-state index contributed by atoms with van der Waals surface area (Å²) in [4.78, 5) is 22.3. The Morgan fingerprint density at radius 1 is 1.21 bits per heavy atom. The Balaban J connectivity index is 2.65. The largest absolute Gasteiger partial charge is 0.490 e. The highest BCUT2D eigenvalue weighted by Crippen LogP contribution is 2.22. The highest BCUT2D eigenvalue weighted by molar-refractivity contribution is 5.85. The standard InChI is InChI=1S/C15H19F3N2O4/c1-14(20,12(19)21)11(24-13(22)15(16,17)18)7-8-23-9-10-5-3-2-4-6-10/h2-6,11H,7-9,20H2,1H3,(H2,19,21). The number of hydrogen-bond donors (Lipinski definition) is 2. The molecule has 9 heteroatoms. The maximum Gasteiger partial charge on any atom is 0.490 e. The summed E-state index contributed by atoms with van der Waals surface area (Å²) in [6.45, 7) is 1.23. The van der Waals surface area contributed by atoms with Gasteiger partial charge in [-0.05, 0) is 12.5 Å². The Kier molecular flexibility index (Phi) is 6.73. The summed E-state index contributed by atoms with van der Waals surface area (Å²) < 4.78 is 46.7. The van der Waals surface area contributed by atoms with Gasteiger partial charge in [0.25, 0.3) is 0 Å². The molecule has 24 heavy (non-hydrogen) atoms. The number of primary amides is 1. The van der Waals surface area contributed by atoms with Crippen molar-refractivity contribution in [2.45, 2.75) is 37.8 Å². The molecule has 0 aliphatic heterocycles. The lowest BCUT2D eigenvalue weighted by Gasteiger charge is -2.31. The molecule has 1 aromatic carbocycles. The van der Waals surface area contributed by atoms with Crippen LogP contribution in [0.5, 0.6) is 0 Å². The van der Waals surface area contributed by atoms with Crippen molar-refractivity contribution in [3.8, 4) is 0 Å². The van der Waals surface area contributed by atoms with Crippen LogP contribution in [0.2, 0.25) is 0 Å². The Morgan fingerprint density at radius 2 is 1.79 bits per heavy atom. The third-order valence-electron chi connectivity index (χ3n) is 3.32. The molecule has 134 valence electrons. The number of rotatable bonds is 8. The quantitative estimate of drug-likeness (QED) is 0.544. The summed E-state index contributed by atoms with van der Waals surface area (Å²) in [5.74, 6) is -3.53. The number of alkyl halides is 3. The third-order valence-corrected chi connectivity index (χ3v) is 3.32. The van der Waals surface area contributed by atoms with E-state index in [-0.39, 0.29) is 19.6 Å². The molecule has 1 aromatic rings. The van der Waals surface area contributed by atoms with Crippen molar-refractivity contribution >= 4 is 11.9 Å². The van der Waals surface area contributed by atoms with E-state index in [9.17, 15) is 22.8 Å². The van der Waals surface area contributed by atoms with E-state index in [4.69, 9.17) is 16.2 Å². The second kappa shape index (κ2) is 8.11. The predicted octanol–water partition coefficient (Wildman–Crippen LogP) is 1.27. The van der Waals surface area contributed by atoms with Crippen molar-refractivity contribution in [2.75, 3.05) is 6.61 Å². The fourth-order valence-electron chi connectivity index (χ4n) is 1.79. The zero-order chi connectivity index (χ0) is 18.4. The Morgan fingerprint density at radius 3 is 2.29 bits per heavy atom. The van der Waals surface area contributed by atoms with Crippen LogP contribution in [0.15, 0.2) is 30.3 Å². The van der Waals surface area contributed by atoms with E-state index in [0.29, 0.717) is 0 Å². The first-order chi connectivity index (χ1) is 11.0. The molecule has 0 bridgehead atoms. The van der Waals surface area contributed by atoms with Gasteiger partial charge in [0.2, 0.25) is 5.91 Å². The van der Waals surface area contributed by atoms with Gasteiger partial charge >= 0.3 is 12.1 Å². The van der Waals surface area contributed by atoms with E-state index in [1.54, 1.807) is 24.3 Å². The van der Waals surface area contributed by atoms with Crippen molar-refractivity contribution in [3.63, 3.8) is 0 Å². The van der Waals surface area contributed by atoms with Gasteiger partial charge in [0.05, 0.1) is 13.2 Å². The summed E-state index contributed by atoms with van der Waals surface area (Å²) in [6.07, 6.45) is -6.98. The number of esters is 1. The minimum atomic E-state index is -5.20. The van der Waals surface area contributed by atoms with Crippen LogP contribution in [-0.2, 0) is 25.7 Å². The van der Waals surface area contributed by atoms with Gasteiger partial charge in [-0.15, -0.1) is 0 Å².